The lowest BCUT2D eigenvalue weighted by atomic mass is 10.2. The van der Waals surface area contributed by atoms with Gasteiger partial charge in [0.1, 0.15) is 10.7 Å². The van der Waals surface area contributed by atoms with E-state index >= 15 is 0 Å². The molecule has 3 aromatic rings. The summed E-state index contributed by atoms with van der Waals surface area (Å²) in [5, 5.41) is 0.714. The summed E-state index contributed by atoms with van der Waals surface area (Å²) in [4.78, 5) is 28.3. The van der Waals surface area contributed by atoms with E-state index < -0.39 is 0 Å². The third kappa shape index (κ3) is 1.74. The molecule has 0 bridgehead atoms. The Balaban J connectivity index is 2.13. The van der Waals surface area contributed by atoms with Crippen LogP contribution in [0.5, 0.6) is 0 Å². The lowest BCUT2D eigenvalue weighted by Crippen LogP contribution is -2.11. The lowest BCUT2D eigenvalue weighted by Gasteiger charge is -1.98. The van der Waals surface area contributed by atoms with E-state index in [4.69, 9.17) is 0 Å². The standard InChI is InChI=1S/C12H12N4OS/c1-6-7(2)18-12-10(6)11(17)15-9(16-12)3-8-4-13-5-14-8/h4-5H,3H2,1-2H3,(H,13,14)(H,15,16,17). The Kier molecular flexibility index (Phi) is 2.52. The van der Waals surface area contributed by atoms with Gasteiger partial charge in [0.15, 0.2) is 0 Å². The number of hydrogen-bond donors (Lipinski definition) is 2. The second kappa shape index (κ2) is 4.06. The van der Waals surface area contributed by atoms with E-state index in [1.165, 1.54) is 0 Å². The van der Waals surface area contributed by atoms with Crippen molar-refractivity contribution in [3.63, 3.8) is 0 Å². The topological polar surface area (TPSA) is 74.4 Å². The molecule has 0 aliphatic heterocycles. The molecule has 18 heavy (non-hydrogen) atoms. The van der Waals surface area contributed by atoms with Crippen LogP contribution in [0.2, 0.25) is 0 Å². The number of nitrogens with zero attached hydrogens (tertiary/aromatic N) is 2. The van der Waals surface area contributed by atoms with Crippen LogP contribution in [0.25, 0.3) is 10.2 Å². The molecular weight excluding hydrogens is 248 g/mol. The molecule has 0 amide bonds. The minimum Gasteiger partial charge on any atom is -0.348 e. The maximum absolute atomic E-state index is 12.0. The minimum atomic E-state index is -0.0589. The van der Waals surface area contributed by atoms with E-state index in [-0.39, 0.29) is 5.56 Å². The molecule has 3 heterocycles. The molecule has 6 heteroatoms. The molecule has 5 nitrogen and oxygen atoms in total. The number of aryl methyl sites for hydroxylation is 2. The Morgan fingerprint density at radius 3 is 2.94 bits per heavy atom. The number of hydrogen-bond acceptors (Lipinski definition) is 4. The Bertz CT molecular complexity index is 754. The van der Waals surface area contributed by atoms with E-state index in [9.17, 15) is 4.79 Å². The van der Waals surface area contributed by atoms with Crippen LogP contribution >= 0.6 is 11.3 Å². The second-order valence-electron chi connectivity index (χ2n) is 4.23. The number of H-pyrrole nitrogens is 2. The van der Waals surface area contributed by atoms with Crippen molar-refractivity contribution in [2.24, 2.45) is 0 Å². The summed E-state index contributed by atoms with van der Waals surface area (Å²) in [5.41, 5.74) is 1.90. The van der Waals surface area contributed by atoms with Gasteiger partial charge in [0.05, 0.1) is 11.7 Å². The van der Waals surface area contributed by atoms with E-state index in [1.807, 2.05) is 13.8 Å². The van der Waals surface area contributed by atoms with Gasteiger partial charge < -0.3 is 9.97 Å². The summed E-state index contributed by atoms with van der Waals surface area (Å²) in [6, 6.07) is 0. The molecular formula is C12H12N4OS. The quantitative estimate of drug-likeness (QED) is 0.739. The highest BCUT2D eigenvalue weighted by Gasteiger charge is 2.12. The first-order chi connectivity index (χ1) is 8.65. The lowest BCUT2D eigenvalue weighted by molar-refractivity contribution is 0.951. The van der Waals surface area contributed by atoms with Crippen LogP contribution in [0.4, 0.5) is 0 Å². The zero-order chi connectivity index (χ0) is 12.7. The highest BCUT2D eigenvalue weighted by molar-refractivity contribution is 7.18. The van der Waals surface area contributed by atoms with Gasteiger partial charge in [0.2, 0.25) is 0 Å². The third-order valence-corrected chi connectivity index (χ3v) is 4.10. The van der Waals surface area contributed by atoms with Crippen LogP contribution in [0.1, 0.15) is 22.0 Å². The van der Waals surface area contributed by atoms with Crippen LogP contribution in [0.15, 0.2) is 17.3 Å². The molecule has 0 fully saturated rings. The highest BCUT2D eigenvalue weighted by atomic mass is 32.1. The Morgan fingerprint density at radius 1 is 1.39 bits per heavy atom. The Morgan fingerprint density at radius 2 is 2.22 bits per heavy atom. The predicted octanol–water partition coefficient (Wildman–Crippen LogP) is 1.92. The molecule has 0 unspecified atom stereocenters. The smallest absolute Gasteiger partial charge is 0.259 e. The molecule has 92 valence electrons. The minimum absolute atomic E-state index is 0.0589. The van der Waals surface area contributed by atoms with E-state index in [2.05, 4.69) is 19.9 Å². The molecule has 0 saturated heterocycles. The highest BCUT2D eigenvalue weighted by Crippen LogP contribution is 2.25. The normalized spacial score (nSPS) is 11.2. The summed E-state index contributed by atoms with van der Waals surface area (Å²) in [6.45, 7) is 3.97. The Hall–Kier alpha value is -1.95. The van der Waals surface area contributed by atoms with Gasteiger partial charge in [-0.25, -0.2) is 9.97 Å². The van der Waals surface area contributed by atoms with Gasteiger partial charge in [0.25, 0.3) is 5.56 Å². The number of thiophene rings is 1. The number of rotatable bonds is 2. The summed E-state index contributed by atoms with van der Waals surface area (Å²) in [5.74, 6) is 0.665. The van der Waals surface area contributed by atoms with Gasteiger partial charge in [0, 0.05) is 23.2 Å². The van der Waals surface area contributed by atoms with Crippen LogP contribution in [-0.4, -0.2) is 19.9 Å². The van der Waals surface area contributed by atoms with Crippen molar-refractivity contribution in [2.75, 3.05) is 0 Å². The maximum Gasteiger partial charge on any atom is 0.259 e. The van der Waals surface area contributed by atoms with Crippen molar-refractivity contribution in [2.45, 2.75) is 20.3 Å². The van der Waals surface area contributed by atoms with E-state index in [1.54, 1.807) is 23.9 Å². The molecule has 3 aromatic heterocycles. The number of fused-ring (bicyclic) bond motifs is 1. The van der Waals surface area contributed by atoms with Gasteiger partial charge in [-0.1, -0.05) is 0 Å². The monoisotopic (exact) mass is 260 g/mol. The first-order valence-electron chi connectivity index (χ1n) is 5.61. The van der Waals surface area contributed by atoms with Crippen molar-refractivity contribution in [3.05, 3.63) is 44.8 Å². The van der Waals surface area contributed by atoms with E-state index in [0.717, 1.165) is 21.0 Å². The maximum atomic E-state index is 12.0. The molecule has 3 rings (SSSR count). The van der Waals surface area contributed by atoms with E-state index in [0.29, 0.717) is 17.6 Å². The summed E-state index contributed by atoms with van der Waals surface area (Å²) >= 11 is 1.56. The van der Waals surface area contributed by atoms with Crippen molar-refractivity contribution in [1.29, 1.82) is 0 Å². The van der Waals surface area contributed by atoms with Gasteiger partial charge in [-0.2, -0.15) is 0 Å². The molecule has 2 N–H and O–H groups in total. The molecule has 0 spiro atoms. The average molecular weight is 260 g/mol. The predicted molar refractivity (Wildman–Crippen MR) is 71.1 cm³/mol. The fraction of sp³-hybridized carbons (Fsp3) is 0.250. The molecule has 0 aliphatic rings. The van der Waals surface area contributed by atoms with Gasteiger partial charge >= 0.3 is 0 Å². The number of aromatic amines is 2. The SMILES string of the molecule is Cc1sc2nc(Cc3cnc[nH]3)[nH]c(=O)c2c1C. The van der Waals surface area contributed by atoms with Crippen molar-refractivity contribution in [1.82, 2.24) is 19.9 Å². The first-order valence-corrected chi connectivity index (χ1v) is 6.43. The van der Waals surface area contributed by atoms with Crippen molar-refractivity contribution in [3.8, 4) is 0 Å². The number of aromatic nitrogens is 4. The fourth-order valence-electron chi connectivity index (χ4n) is 1.94. The summed E-state index contributed by atoms with van der Waals surface area (Å²) in [6.07, 6.45) is 3.90. The first kappa shape index (κ1) is 11.2. The zero-order valence-electron chi connectivity index (χ0n) is 10.1. The second-order valence-corrected chi connectivity index (χ2v) is 5.43. The molecule has 0 atom stereocenters. The Labute approximate surface area is 107 Å². The largest absolute Gasteiger partial charge is 0.348 e. The molecule has 0 aliphatic carbocycles. The summed E-state index contributed by atoms with van der Waals surface area (Å²) < 4.78 is 0. The van der Waals surface area contributed by atoms with Crippen molar-refractivity contribution >= 4 is 21.6 Å². The zero-order valence-corrected chi connectivity index (χ0v) is 10.9. The van der Waals surface area contributed by atoms with Gasteiger partial charge in [-0.05, 0) is 19.4 Å². The fourth-order valence-corrected chi connectivity index (χ4v) is 2.99. The average Bonchev–Trinajstić information content (AvgIpc) is 2.89. The van der Waals surface area contributed by atoms with Crippen LogP contribution in [-0.2, 0) is 6.42 Å². The molecule has 0 radical (unpaired) electrons. The third-order valence-electron chi connectivity index (χ3n) is 3.00. The summed E-state index contributed by atoms with van der Waals surface area (Å²) in [7, 11) is 0. The van der Waals surface area contributed by atoms with Crippen molar-refractivity contribution < 1.29 is 0 Å². The van der Waals surface area contributed by atoms with Crippen LogP contribution in [0, 0.1) is 13.8 Å². The van der Waals surface area contributed by atoms with Crippen LogP contribution in [0.3, 0.4) is 0 Å². The number of nitrogens with one attached hydrogen (secondary N) is 2. The van der Waals surface area contributed by atoms with Gasteiger partial charge in [-0.15, -0.1) is 11.3 Å². The molecule has 0 saturated carbocycles. The number of imidazole rings is 1. The van der Waals surface area contributed by atoms with Crippen LogP contribution < -0.4 is 5.56 Å². The molecule has 0 aromatic carbocycles. The van der Waals surface area contributed by atoms with Gasteiger partial charge in [-0.3, -0.25) is 4.79 Å².